The summed E-state index contributed by atoms with van der Waals surface area (Å²) in [7, 11) is 1.57. The second kappa shape index (κ2) is 7.24. The van der Waals surface area contributed by atoms with Crippen LogP contribution >= 0.6 is 0 Å². The summed E-state index contributed by atoms with van der Waals surface area (Å²) in [6.45, 7) is 1.37. The second-order valence-corrected chi connectivity index (χ2v) is 6.65. The number of benzene rings is 2. The van der Waals surface area contributed by atoms with Crippen LogP contribution in [0.5, 0.6) is 5.75 Å². The first-order valence-electron chi connectivity index (χ1n) is 9.07. The van der Waals surface area contributed by atoms with Gasteiger partial charge in [-0.05, 0) is 55.3 Å². The maximum absolute atomic E-state index is 14.0. The number of likely N-dealkylation sites (tertiary alicyclic amines) is 1. The van der Waals surface area contributed by atoms with Crippen molar-refractivity contribution in [1.82, 2.24) is 9.47 Å². The summed E-state index contributed by atoms with van der Waals surface area (Å²) in [6.07, 6.45) is 1.93. The molecule has 1 saturated heterocycles. The molecule has 7 heteroatoms. The molecule has 1 aliphatic heterocycles. The highest BCUT2D eigenvalue weighted by molar-refractivity contribution is 6.00. The van der Waals surface area contributed by atoms with Crippen molar-refractivity contribution in [2.75, 3.05) is 25.5 Å². The molecular formula is C21H19FN4O2. The molecule has 0 atom stereocenters. The standard InChI is InChI=1S/C21H19FN4O2/c1-28-16-7-5-15(6-8-16)26-19-12-14(22)4-9-17(19)18(13-23)20(26)24-21(27)25-10-2-3-11-25/h4-9,12H,2-3,10-11H2,1H3,(H,24,27). The average Bonchev–Trinajstić information content (AvgIpc) is 3.34. The number of urea groups is 1. The summed E-state index contributed by atoms with van der Waals surface area (Å²) in [5.41, 5.74) is 1.51. The van der Waals surface area contributed by atoms with Gasteiger partial charge in [0.05, 0.1) is 12.6 Å². The number of nitrogens with one attached hydrogen (secondary N) is 1. The van der Waals surface area contributed by atoms with Gasteiger partial charge in [-0.2, -0.15) is 5.26 Å². The maximum atomic E-state index is 14.0. The topological polar surface area (TPSA) is 70.3 Å². The van der Waals surface area contributed by atoms with E-state index in [0.29, 0.717) is 46.8 Å². The zero-order valence-electron chi connectivity index (χ0n) is 15.4. The third-order valence-corrected chi connectivity index (χ3v) is 4.99. The van der Waals surface area contributed by atoms with Crippen molar-refractivity contribution in [2.45, 2.75) is 12.8 Å². The van der Waals surface area contributed by atoms with Gasteiger partial charge in [0.1, 0.15) is 29.0 Å². The molecule has 2 heterocycles. The highest BCUT2D eigenvalue weighted by Crippen LogP contribution is 2.34. The molecule has 4 rings (SSSR count). The molecule has 0 saturated carbocycles. The van der Waals surface area contributed by atoms with E-state index < -0.39 is 5.82 Å². The van der Waals surface area contributed by atoms with E-state index in [0.717, 1.165) is 12.8 Å². The molecule has 1 aromatic heterocycles. The normalized spacial score (nSPS) is 13.5. The van der Waals surface area contributed by atoms with Crippen molar-refractivity contribution in [3.05, 3.63) is 53.8 Å². The number of nitrogens with zero attached hydrogens (tertiary/aromatic N) is 3. The zero-order chi connectivity index (χ0) is 19.7. The maximum Gasteiger partial charge on any atom is 0.323 e. The Bertz CT molecular complexity index is 1080. The minimum Gasteiger partial charge on any atom is -0.497 e. The lowest BCUT2D eigenvalue weighted by Gasteiger charge is -2.18. The number of halogens is 1. The van der Waals surface area contributed by atoms with Gasteiger partial charge < -0.3 is 9.64 Å². The Morgan fingerprint density at radius 2 is 1.89 bits per heavy atom. The first-order valence-corrected chi connectivity index (χ1v) is 9.07. The number of carbonyl (C=O) groups excluding carboxylic acids is 1. The molecule has 1 aliphatic rings. The van der Waals surface area contributed by atoms with Crippen LogP contribution in [0.2, 0.25) is 0 Å². The summed E-state index contributed by atoms with van der Waals surface area (Å²) in [4.78, 5) is 14.4. The fourth-order valence-electron chi connectivity index (χ4n) is 3.59. The van der Waals surface area contributed by atoms with E-state index in [-0.39, 0.29) is 6.03 Å². The van der Waals surface area contributed by atoms with Crippen LogP contribution < -0.4 is 10.1 Å². The van der Waals surface area contributed by atoms with Crippen LogP contribution in [0.1, 0.15) is 18.4 Å². The van der Waals surface area contributed by atoms with Crippen LogP contribution in [0.15, 0.2) is 42.5 Å². The molecular weight excluding hydrogens is 359 g/mol. The lowest BCUT2D eigenvalue weighted by molar-refractivity contribution is 0.222. The smallest absolute Gasteiger partial charge is 0.323 e. The van der Waals surface area contributed by atoms with Crippen LogP contribution in [0, 0.1) is 17.1 Å². The van der Waals surface area contributed by atoms with Gasteiger partial charge in [-0.25, -0.2) is 9.18 Å². The third kappa shape index (κ3) is 3.03. The predicted molar refractivity (Wildman–Crippen MR) is 104 cm³/mol. The van der Waals surface area contributed by atoms with E-state index in [2.05, 4.69) is 11.4 Å². The Hall–Kier alpha value is -3.53. The van der Waals surface area contributed by atoms with E-state index >= 15 is 0 Å². The second-order valence-electron chi connectivity index (χ2n) is 6.65. The Balaban J connectivity index is 1.90. The van der Waals surface area contributed by atoms with Crippen LogP contribution in [0.3, 0.4) is 0 Å². The van der Waals surface area contributed by atoms with Crippen molar-refractivity contribution >= 4 is 22.8 Å². The number of carbonyl (C=O) groups is 1. The molecule has 0 aliphatic carbocycles. The molecule has 0 radical (unpaired) electrons. The summed E-state index contributed by atoms with van der Waals surface area (Å²) in [5, 5.41) is 13.2. The van der Waals surface area contributed by atoms with E-state index in [1.165, 1.54) is 12.1 Å². The van der Waals surface area contributed by atoms with Crippen molar-refractivity contribution in [3.8, 4) is 17.5 Å². The number of ether oxygens (including phenoxy) is 1. The first-order chi connectivity index (χ1) is 13.6. The number of hydrogen-bond donors (Lipinski definition) is 1. The Morgan fingerprint density at radius 1 is 1.18 bits per heavy atom. The molecule has 2 aromatic carbocycles. The van der Waals surface area contributed by atoms with Crippen LogP contribution in [-0.4, -0.2) is 35.7 Å². The number of nitriles is 1. The number of rotatable bonds is 3. The molecule has 0 bridgehead atoms. The molecule has 2 amide bonds. The zero-order valence-corrected chi connectivity index (χ0v) is 15.4. The van der Waals surface area contributed by atoms with Gasteiger partial charge in [-0.3, -0.25) is 9.88 Å². The van der Waals surface area contributed by atoms with Gasteiger partial charge >= 0.3 is 6.03 Å². The van der Waals surface area contributed by atoms with Gasteiger partial charge in [0.25, 0.3) is 0 Å². The minimum absolute atomic E-state index is 0.257. The van der Waals surface area contributed by atoms with E-state index in [9.17, 15) is 14.4 Å². The summed E-state index contributed by atoms with van der Waals surface area (Å²) in [5.74, 6) is 0.599. The summed E-state index contributed by atoms with van der Waals surface area (Å²) < 4.78 is 20.9. The highest BCUT2D eigenvalue weighted by Gasteiger charge is 2.24. The Labute approximate surface area is 161 Å². The van der Waals surface area contributed by atoms with Crippen LogP contribution in [0.4, 0.5) is 15.0 Å². The SMILES string of the molecule is COc1ccc(-n2c(NC(=O)N3CCCC3)c(C#N)c3ccc(F)cc32)cc1. The number of amides is 2. The van der Waals surface area contributed by atoms with Crippen molar-refractivity contribution < 1.29 is 13.9 Å². The third-order valence-electron chi connectivity index (χ3n) is 4.99. The number of methoxy groups -OCH3 is 1. The van der Waals surface area contributed by atoms with Crippen molar-refractivity contribution in [2.24, 2.45) is 0 Å². The number of anilines is 1. The lowest BCUT2D eigenvalue weighted by atomic mass is 10.2. The van der Waals surface area contributed by atoms with Gasteiger partial charge in [0, 0.05) is 24.2 Å². The van der Waals surface area contributed by atoms with E-state index in [1.54, 1.807) is 46.9 Å². The molecule has 0 spiro atoms. The van der Waals surface area contributed by atoms with Crippen molar-refractivity contribution in [3.63, 3.8) is 0 Å². The predicted octanol–water partition coefficient (Wildman–Crippen LogP) is 4.28. The number of fused-ring (bicyclic) bond motifs is 1. The van der Waals surface area contributed by atoms with E-state index in [4.69, 9.17) is 4.74 Å². The van der Waals surface area contributed by atoms with Crippen molar-refractivity contribution in [1.29, 1.82) is 5.26 Å². The van der Waals surface area contributed by atoms with Gasteiger partial charge in [-0.15, -0.1) is 0 Å². The molecule has 0 unspecified atom stereocenters. The Kier molecular flexibility index (Phi) is 4.62. The fraction of sp³-hybridized carbons (Fsp3) is 0.238. The highest BCUT2D eigenvalue weighted by atomic mass is 19.1. The molecule has 1 N–H and O–H groups in total. The lowest BCUT2D eigenvalue weighted by Crippen LogP contribution is -2.33. The molecule has 3 aromatic rings. The molecule has 142 valence electrons. The number of hydrogen-bond acceptors (Lipinski definition) is 3. The van der Waals surface area contributed by atoms with Gasteiger partial charge in [-0.1, -0.05) is 0 Å². The quantitative estimate of drug-likeness (QED) is 0.740. The fourth-order valence-corrected chi connectivity index (χ4v) is 3.59. The van der Waals surface area contributed by atoms with Gasteiger partial charge in [0.2, 0.25) is 0 Å². The average molecular weight is 378 g/mol. The molecule has 1 fully saturated rings. The van der Waals surface area contributed by atoms with E-state index in [1.807, 2.05) is 0 Å². The summed E-state index contributed by atoms with van der Waals surface area (Å²) in [6, 6.07) is 13.3. The Morgan fingerprint density at radius 3 is 2.54 bits per heavy atom. The van der Waals surface area contributed by atoms with Gasteiger partial charge in [0.15, 0.2) is 0 Å². The first kappa shape index (κ1) is 17.9. The molecule has 6 nitrogen and oxygen atoms in total. The van der Waals surface area contributed by atoms with Crippen LogP contribution in [-0.2, 0) is 0 Å². The number of aromatic nitrogens is 1. The molecule has 28 heavy (non-hydrogen) atoms. The minimum atomic E-state index is -0.415. The summed E-state index contributed by atoms with van der Waals surface area (Å²) >= 11 is 0. The van der Waals surface area contributed by atoms with Crippen LogP contribution in [0.25, 0.3) is 16.6 Å². The monoisotopic (exact) mass is 378 g/mol. The largest absolute Gasteiger partial charge is 0.497 e.